The number of fused-ring (bicyclic) bond motifs is 2. The minimum Gasteiger partial charge on any atom is -0.384 e. The van der Waals surface area contributed by atoms with Crippen LogP contribution in [0, 0.1) is 11.6 Å². The quantitative estimate of drug-likeness (QED) is 0.280. The number of pyridine rings is 3. The molecule has 5 heterocycles. The van der Waals surface area contributed by atoms with E-state index in [-0.39, 0.29) is 16.9 Å². The van der Waals surface area contributed by atoms with E-state index >= 15 is 4.39 Å². The van der Waals surface area contributed by atoms with Crippen molar-refractivity contribution < 1.29 is 8.78 Å². The molecule has 0 saturated heterocycles. The molecule has 0 amide bonds. The first kappa shape index (κ1) is 23.6. The van der Waals surface area contributed by atoms with Crippen molar-refractivity contribution in [1.29, 1.82) is 0 Å². The number of halogens is 2. The molecule has 0 bridgehead atoms. The van der Waals surface area contributed by atoms with Gasteiger partial charge in [-0.25, -0.2) is 13.8 Å². The summed E-state index contributed by atoms with van der Waals surface area (Å²) in [6, 6.07) is 8.22. The number of nitrogens with one attached hydrogen (secondary N) is 3. The van der Waals surface area contributed by atoms with Gasteiger partial charge in [0.1, 0.15) is 17.2 Å². The van der Waals surface area contributed by atoms with E-state index in [1.165, 1.54) is 18.3 Å². The molecule has 0 radical (unpaired) electrons. The number of imidazole rings is 1. The van der Waals surface area contributed by atoms with E-state index in [2.05, 4.69) is 35.5 Å². The molecule has 3 N–H and O–H groups in total. The predicted octanol–water partition coefficient (Wildman–Crippen LogP) is 4.88. The number of anilines is 1. The molecule has 11 heteroatoms. The van der Waals surface area contributed by atoms with Crippen molar-refractivity contribution in [2.75, 3.05) is 32.5 Å². The average molecular weight is 512 g/mol. The summed E-state index contributed by atoms with van der Waals surface area (Å²) in [6.07, 6.45) is 7.96. The highest BCUT2D eigenvalue weighted by molar-refractivity contribution is 5.98. The van der Waals surface area contributed by atoms with Crippen LogP contribution in [0.1, 0.15) is 0 Å². The zero-order chi connectivity index (χ0) is 26.2. The van der Waals surface area contributed by atoms with Crippen LogP contribution in [0.25, 0.3) is 55.8 Å². The fraction of sp³-hybridized carbons (Fsp3) is 0.148. The second-order valence-electron chi connectivity index (χ2n) is 9.15. The number of rotatable bonds is 7. The Morgan fingerprint density at radius 1 is 0.947 bits per heavy atom. The summed E-state index contributed by atoms with van der Waals surface area (Å²) in [6.45, 7) is 1.47. The minimum atomic E-state index is -0.531. The SMILES string of the molecule is CN(C)CCNc1cc(F)cc(-c2cncc3[nH]c(-c4n[nH]c5cnc(-c6cccnc6)c(F)c45)nc23)c1. The number of benzene rings is 1. The van der Waals surface area contributed by atoms with E-state index in [9.17, 15) is 4.39 Å². The highest BCUT2D eigenvalue weighted by atomic mass is 19.1. The van der Waals surface area contributed by atoms with Gasteiger partial charge >= 0.3 is 0 Å². The van der Waals surface area contributed by atoms with Gasteiger partial charge in [0.05, 0.1) is 34.3 Å². The zero-order valence-electron chi connectivity index (χ0n) is 20.6. The van der Waals surface area contributed by atoms with Gasteiger partial charge in [-0.05, 0) is 50.0 Å². The van der Waals surface area contributed by atoms with Gasteiger partial charge in [0.15, 0.2) is 11.6 Å². The Morgan fingerprint density at radius 3 is 2.66 bits per heavy atom. The van der Waals surface area contributed by atoms with Crippen LogP contribution in [0.5, 0.6) is 0 Å². The Hall–Kier alpha value is -4.77. The Kier molecular flexibility index (Phi) is 5.97. The first-order valence-electron chi connectivity index (χ1n) is 11.9. The van der Waals surface area contributed by atoms with E-state index in [1.54, 1.807) is 36.9 Å². The Balaban J connectivity index is 1.43. The van der Waals surface area contributed by atoms with Gasteiger partial charge in [0.25, 0.3) is 0 Å². The number of aromatic nitrogens is 7. The number of aromatic amines is 2. The van der Waals surface area contributed by atoms with Gasteiger partial charge in [-0.1, -0.05) is 0 Å². The van der Waals surface area contributed by atoms with Crippen LogP contribution in [0.3, 0.4) is 0 Å². The van der Waals surface area contributed by atoms with Crippen LogP contribution in [0.15, 0.2) is 61.3 Å². The molecule has 0 atom stereocenters. The molecule has 5 aromatic heterocycles. The maximum absolute atomic E-state index is 15.7. The molecule has 1 aromatic carbocycles. The number of H-pyrrole nitrogens is 2. The lowest BCUT2D eigenvalue weighted by atomic mass is 10.1. The van der Waals surface area contributed by atoms with E-state index in [4.69, 9.17) is 4.98 Å². The van der Waals surface area contributed by atoms with Gasteiger partial charge in [-0.3, -0.25) is 20.1 Å². The lowest BCUT2D eigenvalue weighted by Gasteiger charge is -2.12. The molecule has 0 aliphatic rings. The molecule has 38 heavy (non-hydrogen) atoms. The smallest absolute Gasteiger partial charge is 0.161 e. The van der Waals surface area contributed by atoms with Gasteiger partial charge < -0.3 is 15.2 Å². The molecule has 0 spiro atoms. The van der Waals surface area contributed by atoms with Gasteiger partial charge in [0.2, 0.25) is 0 Å². The topological polar surface area (TPSA) is 111 Å². The second kappa shape index (κ2) is 9.60. The van der Waals surface area contributed by atoms with E-state index in [0.717, 1.165) is 6.54 Å². The first-order valence-corrected chi connectivity index (χ1v) is 11.9. The number of hydrogen-bond acceptors (Lipinski definition) is 7. The highest BCUT2D eigenvalue weighted by Gasteiger charge is 2.21. The fourth-order valence-corrected chi connectivity index (χ4v) is 4.38. The fourth-order valence-electron chi connectivity index (χ4n) is 4.38. The molecule has 190 valence electrons. The van der Waals surface area contributed by atoms with Gasteiger partial charge in [0, 0.05) is 48.5 Å². The van der Waals surface area contributed by atoms with E-state index in [1.807, 2.05) is 25.1 Å². The summed E-state index contributed by atoms with van der Waals surface area (Å²) in [5, 5.41) is 10.7. The van der Waals surface area contributed by atoms with Crippen LogP contribution < -0.4 is 5.32 Å². The molecule has 0 aliphatic heterocycles. The van der Waals surface area contributed by atoms with Crippen molar-refractivity contribution in [3.63, 3.8) is 0 Å². The van der Waals surface area contributed by atoms with Gasteiger partial charge in [-0.2, -0.15) is 5.10 Å². The molecule has 6 aromatic rings. The molecule has 6 rings (SSSR count). The average Bonchev–Trinajstić information content (AvgIpc) is 3.53. The van der Waals surface area contributed by atoms with Gasteiger partial charge in [-0.15, -0.1) is 0 Å². The van der Waals surface area contributed by atoms with Crippen molar-refractivity contribution in [3.8, 4) is 33.9 Å². The Morgan fingerprint density at radius 2 is 1.84 bits per heavy atom. The van der Waals surface area contributed by atoms with E-state index < -0.39 is 5.82 Å². The maximum atomic E-state index is 15.7. The van der Waals surface area contributed by atoms with Crippen LogP contribution >= 0.6 is 0 Å². The van der Waals surface area contributed by atoms with Crippen molar-refractivity contribution in [1.82, 2.24) is 40.0 Å². The maximum Gasteiger partial charge on any atom is 0.161 e. The van der Waals surface area contributed by atoms with Crippen molar-refractivity contribution in [2.24, 2.45) is 0 Å². The first-order chi connectivity index (χ1) is 18.5. The summed E-state index contributed by atoms with van der Waals surface area (Å²) in [4.78, 5) is 22.6. The standard InChI is InChI=1S/C27H23F2N9/c1-38(2)7-6-32-18-9-16(8-17(28)10-18)19-12-31-13-21-25(19)35-27(34-21)26-22-20(36-37-26)14-33-24(23(22)29)15-4-3-5-30-11-15/h3-5,8-14,32H,6-7H2,1-2H3,(H,34,35)(H,36,37). The monoisotopic (exact) mass is 511 g/mol. The summed E-state index contributed by atoms with van der Waals surface area (Å²) in [5.74, 6) is -0.557. The molecular formula is C27H23F2N9. The summed E-state index contributed by atoms with van der Waals surface area (Å²) in [5.41, 5.74) is 4.55. The van der Waals surface area contributed by atoms with Crippen molar-refractivity contribution in [3.05, 3.63) is 73.0 Å². The van der Waals surface area contributed by atoms with E-state index in [0.29, 0.717) is 57.0 Å². The molecular weight excluding hydrogens is 488 g/mol. The Bertz CT molecular complexity index is 1760. The third-order valence-corrected chi connectivity index (χ3v) is 6.19. The van der Waals surface area contributed by atoms with Crippen LogP contribution in [-0.2, 0) is 0 Å². The third kappa shape index (κ3) is 4.33. The number of likely N-dealkylation sites (N-methyl/N-ethyl adjacent to an activating group) is 1. The lowest BCUT2D eigenvalue weighted by Crippen LogP contribution is -2.20. The second-order valence-corrected chi connectivity index (χ2v) is 9.15. The molecule has 0 aliphatic carbocycles. The normalized spacial score (nSPS) is 11.6. The predicted molar refractivity (Wildman–Crippen MR) is 142 cm³/mol. The highest BCUT2D eigenvalue weighted by Crippen LogP contribution is 2.34. The molecule has 0 saturated carbocycles. The van der Waals surface area contributed by atoms with Crippen LogP contribution in [0.2, 0.25) is 0 Å². The summed E-state index contributed by atoms with van der Waals surface area (Å²) in [7, 11) is 3.95. The Labute approximate surface area is 216 Å². The van der Waals surface area contributed by atoms with Crippen LogP contribution in [-0.4, -0.2) is 67.2 Å². The van der Waals surface area contributed by atoms with Crippen molar-refractivity contribution in [2.45, 2.75) is 0 Å². The number of nitrogens with zero attached hydrogens (tertiary/aromatic N) is 6. The molecule has 9 nitrogen and oxygen atoms in total. The zero-order valence-corrected chi connectivity index (χ0v) is 20.6. The number of hydrogen-bond donors (Lipinski definition) is 3. The lowest BCUT2D eigenvalue weighted by molar-refractivity contribution is 0.425. The minimum absolute atomic E-state index is 0.167. The summed E-state index contributed by atoms with van der Waals surface area (Å²) < 4.78 is 30.3. The van der Waals surface area contributed by atoms with Crippen LogP contribution in [0.4, 0.5) is 14.5 Å². The summed E-state index contributed by atoms with van der Waals surface area (Å²) >= 11 is 0. The molecule has 0 fully saturated rings. The molecule has 0 unspecified atom stereocenters. The van der Waals surface area contributed by atoms with Crippen molar-refractivity contribution >= 4 is 27.6 Å². The third-order valence-electron chi connectivity index (χ3n) is 6.19. The largest absolute Gasteiger partial charge is 0.384 e.